The van der Waals surface area contributed by atoms with E-state index >= 15 is 0 Å². The second kappa shape index (κ2) is 8.23. The molecule has 3 amide bonds. The van der Waals surface area contributed by atoms with Gasteiger partial charge >= 0.3 is 6.03 Å². The molecular weight excluding hydrogens is 318 g/mol. The summed E-state index contributed by atoms with van der Waals surface area (Å²) in [6.45, 7) is 2.39. The van der Waals surface area contributed by atoms with Gasteiger partial charge in [-0.2, -0.15) is 0 Å². The van der Waals surface area contributed by atoms with Crippen molar-refractivity contribution in [3.05, 3.63) is 29.8 Å². The van der Waals surface area contributed by atoms with Gasteiger partial charge in [0.25, 0.3) is 0 Å². The number of ether oxygens (including phenoxy) is 1. The molecule has 1 aromatic carbocycles. The average molecular weight is 345 g/mol. The molecule has 6 heteroatoms. The van der Waals surface area contributed by atoms with E-state index in [-0.39, 0.29) is 24.5 Å². The predicted octanol–water partition coefficient (Wildman–Crippen LogP) is 2.55. The van der Waals surface area contributed by atoms with Crippen molar-refractivity contribution in [1.82, 2.24) is 15.1 Å². The third-order valence-corrected chi connectivity index (χ3v) is 5.11. The molecule has 25 heavy (non-hydrogen) atoms. The van der Waals surface area contributed by atoms with Gasteiger partial charge in [0.2, 0.25) is 5.91 Å². The van der Waals surface area contributed by atoms with E-state index in [1.807, 2.05) is 34.1 Å². The number of rotatable bonds is 4. The summed E-state index contributed by atoms with van der Waals surface area (Å²) in [5.74, 6) is 0.817. The molecule has 1 N–H and O–H groups in total. The number of nitrogens with zero attached hydrogens (tertiary/aromatic N) is 2. The number of hydrogen-bond acceptors (Lipinski definition) is 3. The minimum Gasteiger partial charge on any atom is -0.496 e. The summed E-state index contributed by atoms with van der Waals surface area (Å²) < 4.78 is 5.44. The molecule has 1 aromatic rings. The van der Waals surface area contributed by atoms with Crippen LogP contribution in [0.4, 0.5) is 4.79 Å². The molecule has 2 heterocycles. The maximum Gasteiger partial charge on any atom is 0.318 e. The van der Waals surface area contributed by atoms with Crippen molar-refractivity contribution < 1.29 is 14.3 Å². The second-order valence-corrected chi connectivity index (χ2v) is 6.69. The number of benzene rings is 1. The van der Waals surface area contributed by atoms with Crippen LogP contribution in [-0.4, -0.2) is 55.0 Å². The number of nitrogens with one attached hydrogen (secondary N) is 1. The summed E-state index contributed by atoms with van der Waals surface area (Å²) in [7, 11) is 1.65. The summed E-state index contributed by atoms with van der Waals surface area (Å²) in [5.41, 5.74) is 1.03. The van der Waals surface area contributed by atoms with Gasteiger partial charge in [0.15, 0.2) is 0 Å². The highest BCUT2D eigenvalue weighted by molar-refractivity contribution is 5.84. The Balaban J connectivity index is 1.60. The van der Waals surface area contributed by atoms with E-state index in [4.69, 9.17) is 4.74 Å². The van der Waals surface area contributed by atoms with Crippen molar-refractivity contribution in [1.29, 1.82) is 0 Å². The monoisotopic (exact) mass is 345 g/mol. The van der Waals surface area contributed by atoms with Crippen LogP contribution in [0.2, 0.25) is 0 Å². The lowest BCUT2D eigenvalue weighted by molar-refractivity contribution is -0.130. The van der Waals surface area contributed by atoms with E-state index in [1.165, 1.54) is 6.42 Å². The number of urea groups is 1. The molecule has 0 radical (unpaired) electrons. The first kappa shape index (κ1) is 17.6. The summed E-state index contributed by atoms with van der Waals surface area (Å²) in [5, 5.41) is 2.81. The van der Waals surface area contributed by atoms with E-state index in [0.717, 1.165) is 50.1 Å². The molecule has 2 fully saturated rings. The quantitative estimate of drug-likeness (QED) is 0.912. The SMILES string of the molecule is COc1ccccc1[C@H]1CCCN1C(=O)NCC(=O)N1CCCCC1. The first-order valence-corrected chi connectivity index (χ1v) is 9.16. The van der Waals surface area contributed by atoms with E-state index in [0.29, 0.717) is 6.54 Å². The van der Waals surface area contributed by atoms with Crippen molar-refractivity contribution in [2.45, 2.75) is 38.1 Å². The molecule has 1 atom stereocenters. The number of carbonyl (C=O) groups is 2. The van der Waals surface area contributed by atoms with Crippen LogP contribution in [0.1, 0.15) is 43.7 Å². The summed E-state index contributed by atoms with van der Waals surface area (Å²) >= 11 is 0. The molecule has 3 rings (SSSR count). The molecule has 136 valence electrons. The third kappa shape index (κ3) is 4.06. The number of likely N-dealkylation sites (tertiary alicyclic amines) is 2. The van der Waals surface area contributed by atoms with Crippen LogP contribution in [0.5, 0.6) is 5.75 Å². The summed E-state index contributed by atoms with van der Waals surface area (Å²) in [6, 6.07) is 7.66. The highest BCUT2D eigenvalue weighted by Crippen LogP contribution is 2.36. The fourth-order valence-electron chi connectivity index (χ4n) is 3.78. The fourth-order valence-corrected chi connectivity index (χ4v) is 3.78. The van der Waals surface area contributed by atoms with Crippen molar-refractivity contribution in [3.63, 3.8) is 0 Å². The first-order valence-electron chi connectivity index (χ1n) is 9.16. The number of carbonyl (C=O) groups excluding carboxylic acids is 2. The van der Waals surface area contributed by atoms with Gasteiger partial charge in [-0.3, -0.25) is 4.79 Å². The Labute approximate surface area is 149 Å². The molecule has 2 aliphatic rings. The second-order valence-electron chi connectivity index (χ2n) is 6.69. The van der Waals surface area contributed by atoms with Gasteiger partial charge in [0.1, 0.15) is 5.75 Å². The zero-order valence-electron chi connectivity index (χ0n) is 14.9. The maximum absolute atomic E-state index is 12.6. The Morgan fingerprint density at radius 1 is 1.12 bits per heavy atom. The molecule has 0 aromatic heterocycles. The Kier molecular flexibility index (Phi) is 5.79. The summed E-state index contributed by atoms with van der Waals surface area (Å²) in [6.07, 6.45) is 5.16. The largest absolute Gasteiger partial charge is 0.496 e. The van der Waals surface area contributed by atoms with Crippen LogP contribution < -0.4 is 10.1 Å². The van der Waals surface area contributed by atoms with Crippen LogP contribution in [0.25, 0.3) is 0 Å². The molecule has 2 saturated heterocycles. The predicted molar refractivity (Wildman–Crippen MR) is 95.5 cm³/mol. The summed E-state index contributed by atoms with van der Waals surface area (Å²) in [4.78, 5) is 28.5. The number of piperidine rings is 1. The molecule has 0 aliphatic carbocycles. The normalized spacial score (nSPS) is 20.4. The number of hydrogen-bond donors (Lipinski definition) is 1. The molecule has 0 saturated carbocycles. The van der Waals surface area contributed by atoms with E-state index < -0.39 is 0 Å². The smallest absolute Gasteiger partial charge is 0.318 e. The van der Waals surface area contributed by atoms with Crippen LogP contribution in [0.15, 0.2) is 24.3 Å². The number of methoxy groups -OCH3 is 1. The van der Waals surface area contributed by atoms with Gasteiger partial charge in [-0.25, -0.2) is 4.79 Å². The number of para-hydroxylation sites is 1. The molecule has 0 unspecified atom stereocenters. The lowest BCUT2D eigenvalue weighted by Gasteiger charge is -2.29. The van der Waals surface area contributed by atoms with E-state index in [9.17, 15) is 9.59 Å². The van der Waals surface area contributed by atoms with Gasteiger partial charge in [-0.15, -0.1) is 0 Å². The Morgan fingerprint density at radius 3 is 2.64 bits per heavy atom. The molecule has 6 nitrogen and oxygen atoms in total. The lowest BCUT2D eigenvalue weighted by Crippen LogP contribution is -2.46. The van der Waals surface area contributed by atoms with Gasteiger partial charge in [-0.1, -0.05) is 18.2 Å². The molecule has 0 spiro atoms. The topological polar surface area (TPSA) is 61.9 Å². The van der Waals surface area contributed by atoms with Crippen molar-refractivity contribution in [2.24, 2.45) is 0 Å². The zero-order chi connectivity index (χ0) is 17.6. The lowest BCUT2D eigenvalue weighted by atomic mass is 10.0. The Morgan fingerprint density at radius 2 is 1.88 bits per heavy atom. The van der Waals surface area contributed by atoms with Crippen LogP contribution >= 0.6 is 0 Å². The molecular formula is C19H27N3O3. The average Bonchev–Trinajstić information content (AvgIpc) is 3.16. The van der Waals surface area contributed by atoms with E-state index in [2.05, 4.69) is 5.32 Å². The minimum absolute atomic E-state index is 0.00115. The Bertz CT molecular complexity index is 614. The van der Waals surface area contributed by atoms with Gasteiger partial charge in [0.05, 0.1) is 19.7 Å². The highest BCUT2D eigenvalue weighted by atomic mass is 16.5. The van der Waals surface area contributed by atoms with Gasteiger partial charge < -0.3 is 19.9 Å². The van der Waals surface area contributed by atoms with E-state index in [1.54, 1.807) is 7.11 Å². The van der Waals surface area contributed by atoms with Crippen molar-refractivity contribution in [2.75, 3.05) is 33.3 Å². The number of amides is 3. The standard InChI is InChI=1S/C19H27N3O3/c1-25-17-10-4-3-8-15(17)16-9-7-13-22(16)19(24)20-14-18(23)21-11-5-2-6-12-21/h3-4,8,10,16H,2,5-7,9,11-14H2,1H3,(H,20,24)/t16-/m1/s1. The van der Waals surface area contributed by atoms with Gasteiger partial charge in [-0.05, 0) is 38.2 Å². The highest BCUT2D eigenvalue weighted by Gasteiger charge is 2.32. The first-order chi connectivity index (χ1) is 12.2. The molecule has 0 bridgehead atoms. The van der Waals surface area contributed by atoms with Gasteiger partial charge in [0, 0.05) is 25.2 Å². The fraction of sp³-hybridized carbons (Fsp3) is 0.579. The maximum atomic E-state index is 12.6. The third-order valence-electron chi connectivity index (χ3n) is 5.11. The Hall–Kier alpha value is -2.24. The zero-order valence-corrected chi connectivity index (χ0v) is 14.9. The van der Waals surface area contributed by atoms with Crippen LogP contribution in [0, 0.1) is 0 Å². The van der Waals surface area contributed by atoms with Crippen molar-refractivity contribution >= 4 is 11.9 Å². The van der Waals surface area contributed by atoms with Crippen LogP contribution in [0.3, 0.4) is 0 Å². The minimum atomic E-state index is -0.168. The molecule has 2 aliphatic heterocycles. The van der Waals surface area contributed by atoms with Crippen LogP contribution in [-0.2, 0) is 4.79 Å². The van der Waals surface area contributed by atoms with Crippen molar-refractivity contribution in [3.8, 4) is 5.75 Å².